The van der Waals surface area contributed by atoms with Crippen LogP contribution in [0.4, 0.5) is 5.88 Å². The molecule has 0 saturated heterocycles. The van der Waals surface area contributed by atoms with Gasteiger partial charge in [0, 0.05) is 0 Å². The molecule has 0 radical (unpaired) electrons. The number of ether oxygens (including phenoxy) is 1. The predicted octanol–water partition coefficient (Wildman–Crippen LogP) is 4.96. The summed E-state index contributed by atoms with van der Waals surface area (Å²) in [6.07, 6.45) is 0. The van der Waals surface area contributed by atoms with Crippen molar-refractivity contribution in [3.63, 3.8) is 0 Å². The molecule has 30 heavy (non-hydrogen) atoms. The molecule has 0 aliphatic heterocycles. The average molecular weight is 408 g/mol. The SMILES string of the molecule is C/C(=N/OC(=O)c1ccc([N+](=O)[O-])o1)c1ccc(OCc2ccc(C)cc2)c(C)c1. The first-order chi connectivity index (χ1) is 14.3. The molecule has 0 N–H and O–H groups in total. The lowest BCUT2D eigenvalue weighted by molar-refractivity contribution is -0.402. The Labute approximate surface area is 172 Å². The van der Waals surface area contributed by atoms with E-state index in [0.29, 0.717) is 12.3 Å². The van der Waals surface area contributed by atoms with Crippen LogP contribution in [-0.4, -0.2) is 16.6 Å². The molecule has 0 bridgehead atoms. The van der Waals surface area contributed by atoms with E-state index in [1.54, 1.807) is 6.92 Å². The van der Waals surface area contributed by atoms with E-state index in [2.05, 4.69) is 5.16 Å². The molecule has 8 heteroatoms. The van der Waals surface area contributed by atoms with Crippen LogP contribution in [0, 0.1) is 24.0 Å². The third-order valence-electron chi connectivity index (χ3n) is 4.35. The van der Waals surface area contributed by atoms with E-state index < -0.39 is 16.8 Å². The number of hydrogen-bond donors (Lipinski definition) is 0. The minimum atomic E-state index is -0.919. The first-order valence-corrected chi connectivity index (χ1v) is 9.13. The van der Waals surface area contributed by atoms with Gasteiger partial charge in [0.15, 0.2) is 0 Å². The number of oxime groups is 1. The van der Waals surface area contributed by atoms with E-state index in [0.717, 1.165) is 34.6 Å². The van der Waals surface area contributed by atoms with Gasteiger partial charge in [0.05, 0.1) is 11.8 Å². The highest BCUT2D eigenvalue weighted by atomic mass is 16.7. The number of benzene rings is 2. The Hall–Kier alpha value is -3.94. The predicted molar refractivity (Wildman–Crippen MR) is 110 cm³/mol. The molecule has 8 nitrogen and oxygen atoms in total. The summed E-state index contributed by atoms with van der Waals surface area (Å²) in [6, 6.07) is 15.9. The van der Waals surface area contributed by atoms with Crippen molar-refractivity contribution in [1.82, 2.24) is 0 Å². The molecule has 0 fully saturated rings. The fraction of sp³-hybridized carbons (Fsp3) is 0.182. The molecule has 2 aromatic carbocycles. The van der Waals surface area contributed by atoms with Crippen molar-refractivity contribution < 1.29 is 23.7 Å². The highest BCUT2D eigenvalue weighted by Crippen LogP contribution is 2.21. The molecule has 0 saturated carbocycles. The van der Waals surface area contributed by atoms with E-state index >= 15 is 0 Å². The number of furan rings is 1. The summed E-state index contributed by atoms with van der Waals surface area (Å²) in [5.41, 5.74) is 4.38. The average Bonchev–Trinajstić information content (AvgIpc) is 3.23. The molecule has 154 valence electrons. The standard InChI is InChI=1S/C22H20N2O6/c1-14-4-6-17(7-5-14)13-28-19-9-8-18(12-15(19)2)16(3)23-30-22(25)20-10-11-21(29-20)24(26)27/h4-12H,13H2,1-3H3/b23-16-. The molecular weight excluding hydrogens is 388 g/mol. The van der Waals surface area contributed by atoms with Crippen molar-refractivity contribution in [3.8, 4) is 5.75 Å². The van der Waals surface area contributed by atoms with E-state index in [1.165, 1.54) is 5.56 Å². The highest BCUT2D eigenvalue weighted by molar-refractivity contribution is 5.99. The van der Waals surface area contributed by atoms with Crippen LogP contribution in [0.5, 0.6) is 5.75 Å². The second-order valence-electron chi connectivity index (χ2n) is 6.70. The fourth-order valence-electron chi connectivity index (χ4n) is 2.62. The van der Waals surface area contributed by atoms with Crippen LogP contribution in [0.1, 0.15) is 39.7 Å². The van der Waals surface area contributed by atoms with Crippen LogP contribution in [0.3, 0.4) is 0 Å². The van der Waals surface area contributed by atoms with Gasteiger partial charge in [0.25, 0.3) is 0 Å². The van der Waals surface area contributed by atoms with Gasteiger partial charge >= 0.3 is 11.9 Å². The maximum Gasteiger partial charge on any atom is 0.433 e. The minimum Gasteiger partial charge on any atom is -0.489 e. The molecule has 0 unspecified atom stereocenters. The van der Waals surface area contributed by atoms with Gasteiger partial charge in [-0.25, -0.2) is 4.79 Å². The number of nitrogens with zero attached hydrogens (tertiary/aromatic N) is 2. The Morgan fingerprint density at radius 3 is 2.47 bits per heavy atom. The molecule has 0 aliphatic carbocycles. The van der Waals surface area contributed by atoms with E-state index in [1.807, 2.05) is 56.3 Å². The van der Waals surface area contributed by atoms with Crippen molar-refractivity contribution in [2.24, 2.45) is 5.16 Å². The number of hydrogen-bond acceptors (Lipinski definition) is 7. The fourth-order valence-corrected chi connectivity index (χ4v) is 2.62. The Morgan fingerprint density at radius 1 is 1.10 bits per heavy atom. The van der Waals surface area contributed by atoms with Crippen LogP contribution in [0.25, 0.3) is 0 Å². The van der Waals surface area contributed by atoms with Gasteiger partial charge in [-0.3, -0.25) is 10.1 Å². The number of nitro groups is 1. The third kappa shape index (κ3) is 5.11. The van der Waals surface area contributed by atoms with Crippen LogP contribution in [-0.2, 0) is 11.4 Å². The zero-order valence-corrected chi connectivity index (χ0v) is 16.7. The normalized spacial score (nSPS) is 11.2. The molecule has 1 heterocycles. The van der Waals surface area contributed by atoms with Gasteiger partial charge in [-0.2, -0.15) is 0 Å². The van der Waals surface area contributed by atoms with Crippen molar-refractivity contribution >= 4 is 17.6 Å². The molecular formula is C22H20N2O6. The van der Waals surface area contributed by atoms with Crippen LogP contribution in [0.15, 0.2) is 64.2 Å². The minimum absolute atomic E-state index is 0.297. The number of rotatable bonds is 7. The van der Waals surface area contributed by atoms with Crippen molar-refractivity contribution in [3.05, 3.63) is 92.7 Å². The van der Waals surface area contributed by atoms with Crippen LogP contribution >= 0.6 is 0 Å². The Morgan fingerprint density at radius 2 is 1.83 bits per heavy atom. The second-order valence-corrected chi connectivity index (χ2v) is 6.70. The smallest absolute Gasteiger partial charge is 0.433 e. The zero-order valence-electron chi connectivity index (χ0n) is 16.7. The highest BCUT2D eigenvalue weighted by Gasteiger charge is 2.19. The monoisotopic (exact) mass is 408 g/mol. The quantitative estimate of drug-likeness (QED) is 0.237. The topological polar surface area (TPSA) is 104 Å². The largest absolute Gasteiger partial charge is 0.489 e. The molecule has 0 spiro atoms. The Kier molecular flexibility index (Phi) is 6.26. The van der Waals surface area contributed by atoms with E-state index in [-0.39, 0.29) is 5.76 Å². The summed E-state index contributed by atoms with van der Waals surface area (Å²) in [5.74, 6) is -1.02. The second kappa shape index (κ2) is 9.04. The van der Waals surface area contributed by atoms with Gasteiger partial charge in [-0.1, -0.05) is 35.0 Å². The molecule has 0 amide bonds. The number of carbonyl (C=O) groups is 1. The molecule has 3 aromatic rings. The van der Waals surface area contributed by atoms with Crippen LogP contribution in [0.2, 0.25) is 0 Å². The lowest BCUT2D eigenvalue weighted by Gasteiger charge is -2.11. The van der Waals surface area contributed by atoms with Crippen molar-refractivity contribution in [1.29, 1.82) is 0 Å². The van der Waals surface area contributed by atoms with Gasteiger partial charge in [0.2, 0.25) is 5.76 Å². The summed E-state index contributed by atoms with van der Waals surface area (Å²) in [4.78, 5) is 26.6. The molecule has 0 aliphatic rings. The first kappa shape index (κ1) is 20.8. The summed E-state index contributed by atoms with van der Waals surface area (Å²) in [5, 5.41) is 14.4. The Bertz CT molecular complexity index is 1100. The van der Waals surface area contributed by atoms with Crippen molar-refractivity contribution in [2.75, 3.05) is 0 Å². The maximum absolute atomic E-state index is 11.9. The zero-order chi connectivity index (χ0) is 21.7. The third-order valence-corrected chi connectivity index (χ3v) is 4.35. The van der Waals surface area contributed by atoms with Gasteiger partial charge in [-0.05, 0) is 61.7 Å². The van der Waals surface area contributed by atoms with Crippen molar-refractivity contribution in [2.45, 2.75) is 27.4 Å². The lowest BCUT2D eigenvalue weighted by Crippen LogP contribution is -2.04. The van der Waals surface area contributed by atoms with Gasteiger partial charge in [-0.15, -0.1) is 0 Å². The van der Waals surface area contributed by atoms with Crippen LogP contribution < -0.4 is 4.74 Å². The number of aryl methyl sites for hydroxylation is 2. The lowest BCUT2D eigenvalue weighted by atomic mass is 10.1. The molecule has 3 rings (SSSR count). The van der Waals surface area contributed by atoms with E-state index in [9.17, 15) is 14.9 Å². The first-order valence-electron chi connectivity index (χ1n) is 9.13. The number of carbonyl (C=O) groups excluding carboxylic acids is 1. The maximum atomic E-state index is 11.9. The molecule has 1 aromatic heterocycles. The summed E-state index contributed by atoms with van der Waals surface area (Å²) in [6.45, 7) is 6.09. The summed E-state index contributed by atoms with van der Waals surface area (Å²) < 4.78 is 10.7. The van der Waals surface area contributed by atoms with E-state index in [4.69, 9.17) is 14.0 Å². The Balaban J connectivity index is 1.63. The van der Waals surface area contributed by atoms with Gasteiger partial charge < -0.3 is 14.0 Å². The summed E-state index contributed by atoms with van der Waals surface area (Å²) in [7, 11) is 0. The molecule has 0 atom stereocenters. The van der Waals surface area contributed by atoms with Gasteiger partial charge in [0.1, 0.15) is 17.3 Å². The summed E-state index contributed by atoms with van der Waals surface area (Å²) >= 11 is 0.